The van der Waals surface area contributed by atoms with Gasteiger partial charge in [0.2, 0.25) is 0 Å². The van der Waals surface area contributed by atoms with E-state index in [9.17, 15) is 0 Å². The van der Waals surface area contributed by atoms with Crippen molar-refractivity contribution in [2.75, 3.05) is 0 Å². The second-order valence-electron chi connectivity index (χ2n) is 5.05. The summed E-state index contributed by atoms with van der Waals surface area (Å²) in [6.45, 7) is 8.56. The van der Waals surface area contributed by atoms with Crippen LogP contribution in [-0.4, -0.2) is 4.57 Å². The van der Waals surface area contributed by atoms with Gasteiger partial charge in [0.1, 0.15) is 0 Å². The lowest BCUT2D eigenvalue weighted by molar-refractivity contribution is 0.842. The van der Waals surface area contributed by atoms with Crippen LogP contribution in [0, 0.1) is 11.8 Å². The molecule has 1 aromatic heterocycles. The molecule has 0 spiro atoms. The van der Waals surface area contributed by atoms with E-state index in [1.165, 1.54) is 22.6 Å². The monoisotopic (exact) mass is 217 g/mol. The van der Waals surface area contributed by atoms with Crippen molar-refractivity contribution in [1.29, 1.82) is 0 Å². The number of hydrogen-bond acceptors (Lipinski definition) is 0. The summed E-state index contributed by atoms with van der Waals surface area (Å²) in [5.74, 6) is 2.36. The number of aromatic nitrogens is 1. The molecule has 1 heterocycles. The van der Waals surface area contributed by atoms with Crippen LogP contribution in [0.2, 0.25) is 0 Å². The zero-order chi connectivity index (χ0) is 11.9. The summed E-state index contributed by atoms with van der Waals surface area (Å²) in [4.78, 5) is 0. The first kappa shape index (κ1) is 11.5. The van der Waals surface area contributed by atoms with Crippen LogP contribution in [0.4, 0.5) is 0 Å². The molecule has 0 saturated heterocycles. The highest BCUT2D eigenvalue weighted by atomic mass is 14.9. The predicted molar refractivity (Wildman–Crippen MR) is 70.6 cm³/mol. The van der Waals surface area contributed by atoms with E-state index in [1.807, 2.05) is 13.8 Å². The summed E-state index contributed by atoms with van der Waals surface area (Å²) in [5.41, 5.74) is 1.52. The lowest BCUT2D eigenvalue weighted by Crippen LogP contribution is -2.31. The molecule has 3 rings (SSSR count). The Morgan fingerprint density at radius 3 is 2.44 bits per heavy atom. The average Bonchev–Trinajstić information content (AvgIpc) is 2.97. The number of fused-ring (bicyclic) bond motifs is 2. The minimum absolute atomic E-state index is 0.643. The molecule has 2 unspecified atom stereocenters. The zero-order valence-electron chi connectivity index (χ0n) is 11.1. The Labute approximate surface area is 98.5 Å². The van der Waals surface area contributed by atoms with E-state index < -0.39 is 0 Å². The normalized spacial score (nSPS) is 24.6. The Balaban J connectivity index is 0.000000457. The molecule has 0 N–H and O–H groups in total. The largest absolute Gasteiger partial charge is 0.351 e. The number of nitrogens with zero attached hydrogens (tertiary/aromatic N) is 1. The van der Waals surface area contributed by atoms with Crippen LogP contribution in [0.15, 0.2) is 6.20 Å². The van der Waals surface area contributed by atoms with Crippen LogP contribution in [0.3, 0.4) is 0 Å². The van der Waals surface area contributed by atoms with Crippen molar-refractivity contribution in [2.24, 2.45) is 18.9 Å². The molecule has 2 aliphatic rings. The molecule has 16 heavy (non-hydrogen) atoms. The highest BCUT2D eigenvalue weighted by Crippen LogP contribution is 2.42. The molecule has 2 aliphatic carbocycles. The summed E-state index contributed by atoms with van der Waals surface area (Å²) in [5, 5.41) is 2.97. The minimum atomic E-state index is 0.643. The van der Waals surface area contributed by atoms with Crippen LogP contribution in [0.5, 0.6) is 0 Å². The Morgan fingerprint density at radius 2 is 1.81 bits per heavy atom. The predicted octanol–water partition coefficient (Wildman–Crippen LogP) is 2.39. The van der Waals surface area contributed by atoms with Crippen molar-refractivity contribution in [3.05, 3.63) is 22.3 Å². The Hall–Kier alpha value is -0.980. The third-order valence-corrected chi connectivity index (χ3v) is 3.57. The number of hydrogen-bond donors (Lipinski definition) is 0. The highest BCUT2D eigenvalue weighted by molar-refractivity contribution is 5.50. The first-order valence-corrected chi connectivity index (χ1v) is 6.55. The van der Waals surface area contributed by atoms with Gasteiger partial charge in [-0.05, 0) is 35.0 Å². The van der Waals surface area contributed by atoms with Crippen LogP contribution < -0.4 is 10.6 Å². The second-order valence-corrected chi connectivity index (χ2v) is 5.05. The Bertz CT molecular complexity index is 490. The van der Waals surface area contributed by atoms with Gasteiger partial charge in [0.15, 0.2) is 0 Å². The number of rotatable bonds is 1. The van der Waals surface area contributed by atoms with Gasteiger partial charge in [-0.3, -0.25) is 0 Å². The molecule has 0 aliphatic heterocycles. The maximum atomic E-state index is 2.50. The van der Waals surface area contributed by atoms with Crippen LogP contribution in [0.1, 0.15) is 45.6 Å². The molecule has 0 radical (unpaired) electrons. The Kier molecular flexibility index (Phi) is 2.96. The van der Waals surface area contributed by atoms with Gasteiger partial charge in [-0.15, -0.1) is 0 Å². The van der Waals surface area contributed by atoms with E-state index in [0.717, 1.165) is 11.8 Å². The second kappa shape index (κ2) is 4.12. The number of aryl methyl sites for hydroxylation is 1. The fourth-order valence-electron chi connectivity index (χ4n) is 2.57. The standard InChI is InChI=1S/C13H17N.C2H6/c1-8(2)12-7-14(3)13-6-10-4-9(10)5-11(12)13;1-2/h5-10H,4H2,1-3H3;1-2H3. The van der Waals surface area contributed by atoms with Crippen molar-refractivity contribution >= 4 is 12.2 Å². The molecule has 2 atom stereocenters. The van der Waals surface area contributed by atoms with Gasteiger partial charge in [0.05, 0.1) is 0 Å². The van der Waals surface area contributed by atoms with E-state index in [4.69, 9.17) is 0 Å². The molecule has 0 bridgehead atoms. The van der Waals surface area contributed by atoms with Crippen LogP contribution in [-0.2, 0) is 7.05 Å². The van der Waals surface area contributed by atoms with Crippen molar-refractivity contribution in [1.82, 2.24) is 4.57 Å². The zero-order valence-corrected chi connectivity index (χ0v) is 11.1. The summed E-state index contributed by atoms with van der Waals surface area (Å²) in [6.07, 6.45) is 8.64. The SMILES string of the molecule is CC.CC(C)c1cn(C)c2c1=CC1CC1C=2. The van der Waals surface area contributed by atoms with Gasteiger partial charge in [-0.1, -0.05) is 39.8 Å². The quantitative estimate of drug-likeness (QED) is 0.680. The molecule has 1 nitrogen and oxygen atoms in total. The third kappa shape index (κ3) is 1.73. The fourth-order valence-corrected chi connectivity index (χ4v) is 2.57. The van der Waals surface area contributed by atoms with E-state index >= 15 is 0 Å². The summed E-state index contributed by atoms with van der Waals surface area (Å²) < 4.78 is 2.29. The average molecular weight is 217 g/mol. The van der Waals surface area contributed by atoms with E-state index in [1.54, 1.807) is 0 Å². The van der Waals surface area contributed by atoms with Crippen molar-refractivity contribution in [2.45, 2.75) is 40.0 Å². The highest BCUT2D eigenvalue weighted by Gasteiger charge is 2.35. The van der Waals surface area contributed by atoms with Crippen molar-refractivity contribution in [3.8, 4) is 0 Å². The molecule has 1 saturated carbocycles. The van der Waals surface area contributed by atoms with E-state index in [-0.39, 0.29) is 0 Å². The van der Waals surface area contributed by atoms with E-state index in [0.29, 0.717) is 5.92 Å². The topological polar surface area (TPSA) is 4.93 Å². The van der Waals surface area contributed by atoms with E-state index in [2.05, 4.69) is 43.8 Å². The molecule has 1 fully saturated rings. The molecule has 1 heteroatoms. The lowest BCUT2D eigenvalue weighted by Gasteiger charge is -2.01. The molecule has 88 valence electrons. The lowest BCUT2D eigenvalue weighted by atomic mass is 10.0. The van der Waals surface area contributed by atoms with Crippen molar-refractivity contribution < 1.29 is 0 Å². The smallest absolute Gasteiger partial charge is 0.0440 e. The maximum Gasteiger partial charge on any atom is 0.0440 e. The van der Waals surface area contributed by atoms with Gasteiger partial charge in [-0.25, -0.2) is 0 Å². The maximum absolute atomic E-state index is 2.50. The van der Waals surface area contributed by atoms with Gasteiger partial charge in [-0.2, -0.15) is 0 Å². The molecular formula is C15H23N. The van der Waals surface area contributed by atoms with Gasteiger partial charge < -0.3 is 4.57 Å². The molecule has 1 aromatic rings. The molecule has 0 aromatic carbocycles. The van der Waals surface area contributed by atoms with Gasteiger partial charge in [0.25, 0.3) is 0 Å². The van der Waals surface area contributed by atoms with Crippen LogP contribution in [0.25, 0.3) is 12.2 Å². The summed E-state index contributed by atoms with van der Waals surface area (Å²) in [7, 11) is 2.16. The Morgan fingerprint density at radius 1 is 1.19 bits per heavy atom. The van der Waals surface area contributed by atoms with Crippen molar-refractivity contribution in [3.63, 3.8) is 0 Å². The third-order valence-electron chi connectivity index (χ3n) is 3.57. The fraction of sp³-hybridized carbons (Fsp3) is 0.600. The van der Waals surface area contributed by atoms with Gasteiger partial charge in [0, 0.05) is 18.6 Å². The first-order chi connectivity index (χ1) is 7.66. The molecular weight excluding hydrogens is 194 g/mol. The molecule has 0 amide bonds. The van der Waals surface area contributed by atoms with Crippen LogP contribution >= 0.6 is 0 Å². The minimum Gasteiger partial charge on any atom is -0.351 e. The summed E-state index contributed by atoms with van der Waals surface area (Å²) in [6, 6.07) is 0. The van der Waals surface area contributed by atoms with Gasteiger partial charge >= 0.3 is 0 Å². The first-order valence-electron chi connectivity index (χ1n) is 6.55. The summed E-state index contributed by atoms with van der Waals surface area (Å²) >= 11 is 0.